The summed E-state index contributed by atoms with van der Waals surface area (Å²) in [7, 11) is 2.03. The predicted octanol–water partition coefficient (Wildman–Crippen LogP) is 2.51. The van der Waals surface area contributed by atoms with E-state index in [0.717, 1.165) is 13.1 Å². The van der Waals surface area contributed by atoms with E-state index in [9.17, 15) is 4.79 Å². The second kappa shape index (κ2) is 7.70. The van der Waals surface area contributed by atoms with Gasteiger partial charge in [-0.2, -0.15) is 0 Å². The Balaban J connectivity index is 2.47. The summed E-state index contributed by atoms with van der Waals surface area (Å²) in [5.41, 5.74) is 0. The Labute approximate surface area is 106 Å². The Morgan fingerprint density at radius 1 is 1.12 bits per heavy atom. The molecule has 0 radical (unpaired) electrons. The molecule has 1 fully saturated rings. The number of piperazine rings is 1. The monoisotopic (exact) mass is 240 g/mol. The van der Waals surface area contributed by atoms with Crippen LogP contribution in [0.2, 0.25) is 0 Å². The zero-order chi connectivity index (χ0) is 12.7. The number of hydrogen-bond acceptors (Lipinski definition) is 2. The normalized spacial score (nSPS) is 19.7. The van der Waals surface area contributed by atoms with Crippen molar-refractivity contribution in [2.45, 2.75) is 58.4 Å². The molecule has 0 aromatic heterocycles. The molecule has 0 aromatic rings. The Morgan fingerprint density at radius 2 is 1.88 bits per heavy atom. The third kappa shape index (κ3) is 4.66. The summed E-state index contributed by atoms with van der Waals surface area (Å²) >= 11 is 0. The molecule has 1 amide bonds. The maximum Gasteiger partial charge on any atom is 0.237 e. The lowest BCUT2D eigenvalue weighted by molar-refractivity contribution is -0.138. The second-order valence-electron chi connectivity index (χ2n) is 5.26. The fourth-order valence-electron chi connectivity index (χ4n) is 2.61. The molecule has 17 heavy (non-hydrogen) atoms. The van der Waals surface area contributed by atoms with Crippen LogP contribution in [0.5, 0.6) is 0 Å². The van der Waals surface area contributed by atoms with Crippen LogP contribution in [0, 0.1) is 0 Å². The van der Waals surface area contributed by atoms with Crippen LogP contribution < -0.4 is 0 Å². The summed E-state index contributed by atoms with van der Waals surface area (Å²) < 4.78 is 0. The van der Waals surface area contributed by atoms with Crippen molar-refractivity contribution in [3.63, 3.8) is 0 Å². The van der Waals surface area contributed by atoms with E-state index in [1.54, 1.807) is 0 Å². The van der Waals surface area contributed by atoms with Gasteiger partial charge in [-0.15, -0.1) is 0 Å². The maximum absolute atomic E-state index is 12.0. The van der Waals surface area contributed by atoms with Gasteiger partial charge in [0, 0.05) is 19.1 Å². The topological polar surface area (TPSA) is 23.6 Å². The minimum absolute atomic E-state index is 0.327. The summed E-state index contributed by atoms with van der Waals surface area (Å²) in [6.07, 6.45) is 7.35. The maximum atomic E-state index is 12.0. The highest BCUT2D eigenvalue weighted by Gasteiger charge is 2.27. The van der Waals surface area contributed by atoms with Crippen LogP contribution in [0.3, 0.4) is 0 Å². The number of carbonyl (C=O) groups is 1. The summed E-state index contributed by atoms with van der Waals surface area (Å²) in [6, 6.07) is 0.493. The Morgan fingerprint density at radius 3 is 2.47 bits per heavy atom. The molecule has 0 saturated carbocycles. The van der Waals surface area contributed by atoms with E-state index < -0.39 is 0 Å². The number of nitrogens with zero attached hydrogens (tertiary/aromatic N) is 2. The molecule has 1 aliphatic rings. The van der Waals surface area contributed by atoms with Crippen molar-refractivity contribution in [2.75, 3.05) is 26.7 Å². The number of hydrogen-bond donors (Lipinski definition) is 0. The van der Waals surface area contributed by atoms with Gasteiger partial charge < -0.3 is 4.90 Å². The van der Waals surface area contributed by atoms with E-state index in [2.05, 4.69) is 23.6 Å². The zero-order valence-corrected chi connectivity index (χ0v) is 11.7. The molecule has 1 unspecified atom stereocenters. The van der Waals surface area contributed by atoms with Crippen molar-refractivity contribution in [2.24, 2.45) is 0 Å². The van der Waals surface area contributed by atoms with Gasteiger partial charge in [0.25, 0.3) is 0 Å². The Kier molecular flexibility index (Phi) is 6.56. The fraction of sp³-hybridized carbons (Fsp3) is 0.929. The third-order valence-corrected chi connectivity index (χ3v) is 3.65. The van der Waals surface area contributed by atoms with Gasteiger partial charge >= 0.3 is 0 Å². The molecule has 1 saturated heterocycles. The first-order valence-corrected chi connectivity index (χ1v) is 7.17. The SMILES string of the molecule is CCCCCC(CCC)N1CCN(C)CC1=O. The number of rotatable bonds is 7. The van der Waals surface area contributed by atoms with Crippen molar-refractivity contribution < 1.29 is 4.79 Å². The van der Waals surface area contributed by atoms with Gasteiger partial charge in [-0.1, -0.05) is 39.5 Å². The number of unbranched alkanes of at least 4 members (excludes halogenated alkanes) is 2. The van der Waals surface area contributed by atoms with E-state index in [-0.39, 0.29) is 0 Å². The van der Waals surface area contributed by atoms with E-state index in [0.29, 0.717) is 18.5 Å². The van der Waals surface area contributed by atoms with E-state index in [1.165, 1.54) is 38.5 Å². The lowest BCUT2D eigenvalue weighted by Crippen LogP contribution is -2.52. The van der Waals surface area contributed by atoms with Crippen LogP contribution in [0.25, 0.3) is 0 Å². The van der Waals surface area contributed by atoms with Gasteiger partial charge in [-0.05, 0) is 19.9 Å². The Bertz CT molecular complexity index is 230. The van der Waals surface area contributed by atoms with E-state index >= 15 is 0 Å². The van der Waals surface area contributed by atoms with Gasteiger partial charge in [0.2, 0.25) is 5.91 Å². The molecule has 100 valence electrons. The van der Waals surface area contributed by atoms with Crippen molar-refractivity contribution >= 4 is 5.91 Å². The first-order chi connectivity index (χ1) is 8.19. The molecular weight excluding hydrogens is 212 g/mol. The van der Waals surface area contributed by atoms with Crippen LogP contribution in [-0.2, 0) is 4.79 Å². The molecule has 1 aliphatic heterocycles. The molecule has 0 spiro atoms. The molecule has 1 atom stereocenters. The average molecular weight is 240 g/mol. The summed E-state index contributed by atoms with van der Waals surface area (Å²) in [5.74, 6) is 0.327. The van der Waals surface area contributed by atoms with Crippen LogP contribution in [0.4, 0.5) is 0 Å². The van der Waals surface area contributed by atoms with Crippen LogP contribution in [0.15, 0.2) is 0 Å². The lowest BCUT2D eigenvalue weighted by atomic mass is 10.0. The molecule has 1 heterocycles. The van der Waals surface area contributed by atoms with Gasteiger partial charge in [0.05, 0.1) is 6.54 Å². The summed E-state index contributed by atoms with van der Waals surface area (Å²) in [6.45, 7) is 7.00. The molecule has 0 bridgehead atoms. The lowest BCUT2D eigenvalue weighted by Gasteiger charge is -2.38. The molecule has 0 N–H and O–H groups in total. The van der Waals surface area contributed by atoms with Gasteiger partial charge in [-0.3, -0.25) is 9.69 Å². The van der Waals surface area contributed by atoms with Crippen molar-refractivity contribution in [3.05, 3.63) is 0 Å². The van der Waals surface area contributed by atoms with Gasteiger partial charge in [-0.25, -0.2) is 0 Å². The molecule has 1 rings (SSSR count). The fourth-order valence-corrected chi connectivity index (χ4v) is 2.61. The van der Waals surface area contributed by atoms with Crippen LogP contribution in [0.1, 0.15) is 52.4 Å². The first kappa shape index (κ1) is 14.5. The summed E-state index contributed by atoms with van der Waals surface area (Å²) in [5, 5.41) is 0. The van der Waals surface area contributed by atoms with Crippen molar-refractivity contribution in [1.82, 2.24) is 9.80 Å². The minimum Gasteiger partial charge on any atom is -0.337 e. The molecule has 3 heteroatoms. The standard InChI is InChI=1S/C14H28N2O/c1-4-6-7-9-13(8-5-2)16-11-10-15(3)12-14(16)17/h13H,4-12H2,1-3H3. The van der Waals surface area contributed by atoms with Crippen LogP contribution in [-0.4, -0.2) is 48.4 Å². The van der Waals surface area contributed by atoms with Crippen molar-refractivity contribution in [3.8, 4) is 0 Å². The first-order valence-electron chi connectivity index (χ1n) is 7.17. The molecular formula is C14H28N2O. The predicted molar refractivity (Wildman–Crippen MR) is 72.0 cm³/mol. The van der Waals surface area contributed by atoms with Crippen LogP contribution >= 0.6 is 0 Å². The number of carbonyl (C=O) groups excluding carboxylic acids is 1. The van der Waals surface area contributed by atoms with Gasteiger partial charge in [0.1, 0.15) is 0 Å². The summed E-state index contributed by atoms with van der Waals surface area (Å²) in [4.78, 5) is 16.3. The highest BCUT2D eigenvalue weighted by molar-refractivity contribution is 5.79. The van der Waals surface area contributed by atoms with Gasteiger partial charge in [0.15, 0.2) is 0 Å². The van der Waals surface area contributed by atoms with E-state index in [1.807, 2.05) is 7.05 Å². The molecule has 3 nitrogen and oxygen atoms in total. The average Bonchev–Trinajstić information content (AvgIpc) is 2.28. The smallest absolute Gasteiger partial charge is 0.237 e. The quantitative estimate of drug-likeness (QED) is 0.638. The number of likely N-dealkylation sites (N-methyl/N-ethyl adjacent to an activating group) is 1. The van der Waals surface area contributed by atoms with Crippen molar-refractivity contribution in [1.29, 1.82) is 0 Å². The second-order valence-corrected chi connectivity index (χ2v) is 5.26. The largest absolute Gasteiger partial charge is 0.337 e. The third-order valence-electron chi connectivity index (χ3n) is 3.65. The van der Waals surface area contributed by atoms with E-state index in [4.69, 9.17) is 0 Å². The molecule has 0 aliphatic carbocycles. The highest BCUT2D eigenvalue weighted by atomic mass is 16.2. The minimum atomic E-state index is 0.327. The zero-order valence-electron chi connectivity index (χ0n) is 11.7. The number of amides is 1. The highest BCUT2D eigenvalue weighted by Crippen LogP contribution is 2.17. The molecule has 0 aromatic carbocycles. The Hall–Kier alpha value is -0.570.